The second-order valence-electron chi connectivity index (χ2n) is 2.38. The quantitative estimate of drug-likeness (QED) is 0.672. The molecule has 0 fully saturated rings. The van der Waals surface area contributed by atoms with E-state index in [4.69, 9.17) is 5.73 Å². The first kappa shape index (κ1) is 6.84. The lowest BCUT2D eigenvalue weighted by Gasteiger charge is -2.01. The normalized spacial score (nSPS) is 10.0. The predicted molar refractivity (Wildman–Crippen MR) is 45.8 cm³/mol. The van der Waals surface area contributed by atoms with Crippen LogP contribution in [0.1, 0.15) is 0 Å². The molecule has 2 aromatic heterocycles. The zero-order valence-electron chi connectivity index (χ0n) is 6.38. The van der Waals surface area contributed by atoms with Crippen molar-refractivity contribution in [2.45, 2.75) is 0 Å². The van der Waals surface area contributed by atoms with Gasteiger partial charge < -0.3 is 5.73 Å². The van der Waals surface area contributed by atoms with Crippen molar-refractivity contribution >= 4 is 5.82 Å². The number of nitrogen functional groups attached to an aromatic ring is 1. The van der Waals surface area contributed by atoms with Crippen LogP contribution < -0.4 is 5.73 Å². The van der Waals surface area contributed by atoms with Crippen molar-refractivity contribution in [2.24, 2.45) is 0 Å². The Morgan fingerprint density at radius 1 is 1.33 bits per heavy atom. The largest absolute Gasteiger partial charge is 0.383 e. The first-order valence-electron chi connectivity index (χ1n) is 3.57. The molecule has 2 heterocycles. The first-order chi connectivity index (χ1) is 5.88. The Kier molecular flexibility index (Phi) is 1.51. The van der Waals surface area contributed by atoms with E-state index in [2.05, 4.69) is 9.97 Å². The van der Waals surface area contributed by atoms with E-state index < -0.39 is 0 Å². The van der Waals surface area contributed by atoms with Crippen molar-refractivity contribution in [1.29, 1.82) is 0 Å². The number of anilines is 1. The Bertz CT molecular complexity index is 366. The highest BCUT2D eigenvalue weighted by Gasteiger charge is 1.98. The summed E-state index contributed by atoms with van der Waals surface area (Å²) >= 11 is 0. The van der Waals surface area contributed by atoms with Crippen molar-refractivity contribution in [3.8, 4) is 5.82 Å². The maximum absolute atomic E-state index is 5.63. The van der Waals surface area contributed by atoms with E-state index in [0.29, 0.717) is 5.82 Å². The van der Waals surface area contributed by atoms with Gasteiger partial charge in [0.15, 0.2) is 0 Å². The highest BCUT2D eigenvalue weighted by atomic mass is 15.1. The lowest BCUT2D eigenvalue weighted by Crippen LogP contribution is -1.99. The number of hydrogen-bond donors (Lipinski definition) is 1. The van der Waals surface area contributed by atoms with Crippen LogP contribution in [-0.4, -0.2) is 14.5 Å². The molecule has 0 saturated heterocycles. The summed E-state index contributed by atoms with van der Waals surface area (Å²) in [7, 11) is 0. The lowest BCUT2D eigenvalue weighted by atomic mass is 10.4. The second kappa shape index (κ2) is 2.65. The number of rotatable bonds is 1. The van der Waals surface area contributed by atoms with Gasteiger partial charge in [-0.1, -0.05) is 6.07 Å². The van der Waals surface area contributed by atoms with Crippen molar-refractivity contribution in [1.82, 2.24) is 14.5 Å². The lowest BCUT2D eigenvalue weighted by molar-refractivity contribution is 1.00. The van der Waals surface area contributed by atoms with E-state index in [0.717, 1.165) is 5.82 Å². The molecule has 0 unspecified atom stereocenters. The molecule has 0 radical (unpaired) electrons. The first-order valence-corrected chi connectivity index (χ1v) is 3.57. The third-order valence-corrected chi connectivity index (χ3v) is 1.56. The van der Waals surface area contributed by atoms with Gasteiger partial charge in [-0.15, -0.1) is 0 Å². The van der Waals surface area contributed by atoms with Crippen molar-refractivity contribution in [3.05, 3.63) is 36.9 Å². The van der Waals surface area contributed by atoms with Gasteiger partial charge in [0, 0.05) is 6.20 Å². The van der Waals surface area contributed by atoms with Crippen LogP contribution >= 0.6 is 0 Å². The minimum Gasteiger partial charge on any atom is -0.383 e. The summed E-state index contributed by atoms with van der Waals surface area (Å²) in [6.45, 7) is 0. The Balaban J connectivity index is 2.51. The number of aromatic nitrogens is 3. The molecular weight excluding hydrogens is 152 g/mol. The minimum atomic E-state index is 0.591. The van der Waals surface area contributed by atoms with Crippen LogP contribution in [0.15, 0.2) is 36.9 Å². The van der Waals surface area contributed by atoms with Crippen LogP contribution in [-0.2, 0) is 0 Å². The Morgan fingerprint density at radius 2 is 2.25 bits per heavy atom. The molecule has 0 aliphatic heterocycles. The molecule has 0 saturated carbocycles. The maximum Gasteiger partial charge on any atom is 0.139 e. The van der Waals surface area contributed by atoms with Crippen LogP contribution in [0.2, 0.25) is 0 Å². The van der Waals surface area contributed by atoms with Crippen LogP contribution in [0.25, 0.3) is 5.82 Å². The summed E-state index contributed by atoms with van der Waals surface area (Å²) in [5.74, 6) is 1.38. The SMILES string of the molecule is Nc1cncn1-c1ccccn1. The monoisotopic (exact) mass is 160 g/mol. The third-order valence-electron chi connectivity index (χ3n) is 1.56. The van der Waals surface area contributed by atoms with E-state index in [9.17, 15) is 0 Å². The van der Waals surface area contributed by atoms with Gasteiger partial charge in [0.25, 0.3) is 0 Å². The maximum atomic E-state index is 5.63. The molecule has 60 valence electrons. The van der Waals surface area contributed by atoms with Gasteiger partial charge in [-0.05, 0) is 12.1 Å². The van der Waals surface area contributed by atoms with E-state index in [-0.39, 0.29) is 0 Å². The van der Waals surface area contributed by atoms with Gasteiger partial charge in [-0.3, -0.25) is 4.57 Å². The summed E-state index contributed by atoms with van der Waals surface area (Å²) < 4.78 is 1.72. The minimum absolute atomic E-state index is 0.591. The molecule has 0 aliphatic rings. The van der Waals surface area contributed by atoms with Gasteiger partial charge in [0.05, 0.1) is 6.20 Å². The molecule has 0 spiro atoms. The van der Waals surface area contributed by atoms with E-state index in [1.807, 2.05) is 18.2 Å². The molecule has 0 aliphatic carbocycles. The number of imidazole rings is 1. The van der Waals surface area contributed by atoms with Gasteiger partial charge in [-0.25, -0.2) is 9.97 Å². The summed E-state index contributed by atoms with van der Waals surface area (Å²) in [4.78, 5) is 8.02. The molecule has 0 atom stereocenters. The topological polar surface area (TPSA) is 56.7 Å². The number of pyridine rings is 1. The molecule has 4 nitrogen and oxygen atoms in total. The van der Waals surface area contributed by atoms with Crippen LogP contribution in [0.5, 0.6) is 0 Å². The van der Waals surface area contributed by atoms with Crippen LogP contribution in [0, 0.1) is 0 Å². The number of nitrogens with zero attached hydrogens (tertiary/aromatic N) is 3. The van der Waals surface area contributed by atoms with Crippen molar-refractivity contribution < 1.29 is 0 Å². The smallest absolute Gasteiger partial charge is 0.139 e. The highest BCUT2D eigenvalue weighted by Crippen LogP contribution is 2.07. The average Bonchev–Trinajstić information content (AvgIpc) is 2.53. The molecule has 0 bridgehead atoms. The predicted octanol–water partition coefficient (Wildman–Crippen LogP) is 0.850. The summed E-state index contributed by atoms with van der Waals surface area (Å²) in [5.41, 5.74) is 5.63. The number of nitrogens with two attached hydrogens (primary N) is 1. The van der Waals surface area contributed by atoms with E-state index in [1.54, 1.807) is 23.3 Å². The summed E-state index contributed by atoms with van der Waals surface area (Å²) in [6, 6.07) is 5.64. The summed E-state index contributed by atoms with van der Waals surface area (Å²) in [6.07, 6.45) is 4.95. The third kappa shape index (κ3) is 1.03. The molecule has 12 heavy (non-hydrogen) atoms. The standard InChI is InChI=1S/C8H8N4/c9-7-5-10-6-12(7)8-3-1-2-4-11-8/h1-6H,9H2. The van der Waals surface area contributed by atoms with E-state index >= 15 is 0 Å². The Hall–Kier alpha value is -1.84. The molecule has 2 N–H and O–H groups in total. The van der Waals surface area contributed by atoms with Gasteiger partial charge in [-0.2, -0.15) is 0 Å². The van der Waals surface area contributed by atoms with Gasteiger partial charge in [0.1, 0.15) is 18.0 Å². The fourth-order valence-electron chi connectivity index (χ4n) is 0.993. The van der Waals surface area contributed by atoms with Gasteiger partial charge in [0.2, 0.25) is 0 Å². The van der Waals surface area contributed by atoms with Gasteiger partial charge >= 0.3 is 0 Å². The van der Waals surface area contributed by atoms with E-state index in [1.165, 1.54) is 0 Å². The number of hydrogen-bond acceptors (Lipinski definition) is 3. The zero-order valence-corrected chi connectivity index (χ0v) is 6.38. The highest BCUT2D eigenvalue weighted by molar-refractivity contribution is 5.36. The summed E-state index contributed by atoms with van der Waals surface area (Å²) in [5, 5.41) is 0. The van der Waals surface area contributed by atoms with Crippen LogP contribution in [0.3, 0.4) is 0 Å². The Labute approximate surface area is 69.7 Å². The Morgan fingerprint density at radius 3 is 2.83 bits per heavy atom. The molecular formula is C8H8N4. The molecule has 0 aromatic carbocycles. The average molecular weight is 160 g/mol. The van der Waals surface area contributed by atoms with Crippen molar-refractivity contribution in [3.63, 3.8) is 0 Å². The molecule has 4 heteroatoms. The fraction of sp³-hybridized carbons (Fsp3) is 0. The van der Waals surface area contributed by atoms with Crippen molar-refractivity contribution in [2.75, 3.05) is 5.73 Å². The zero-order chi connectivity index (χ0) is 8.39. The molecule has 0 amide bonds. The second-order valence-corrected chi connectivity index (χ2v) is 2.38. The van der Waals surface area contributed by atoms with Crippen LogP contribution in [0.4, 0.5) is 5.82 Å². The fourth-order valence-corrected chi connectivity index (χ4v) is 0.993. The molecule has 2 aromatic rings. The molecule has 2 rings (SSSR count).